The standard InChI is InChI=1S/C11H14F3N/c1-15-5-4-8-6-10(11(12,13)14)3-2-9(8)7-15/h2-3,6,8-9H,4-5,7H2,1H3. The van der Waals surface area contributed by atoms with E-state index in [0.717, 1.165) is 19.5 Å². The van der Waals surface area contributed by atoms with Gasteiger partial charge in [-0.05, 0) is 31.8 Å². The van der Waals surface area contributed by atoms with Crippen LogP contribution in [-0.2, 0) is 0 Å². The van der Waals surface area contributed by atoms with Crippen molar-refractivity contribution < 1.29 is 13.2 Å². The first-order chi connectivity index (χ1) is 6.97. The van der Waals surface area contributed by atoms with Crippen molar-refractivity contribution in [3.05, 3.63) is 23.8 Å². The van der Waals surface area contributed by atoms with E-state index in [1.54, 1.807) is 6.08 Å². The molecule has 4 heteroatoms. The number of piperidine rings is 1. The van der Waals surface area contributed by atoms with Crippen LogP contribution in [0.3, 0.4) is 0 Å². The number of hydrogen-bond acceptors (Lipinski definition) is 1. The lowest BCUT2D eigenvalue weighted by Gasteiger charge is -2.36. The van der Waals surface area contributed by atoms with Crippen LogP contribution in [0.5, 0.6) is 0 Å². The van der Waals surface area contributed by atoms with E-state index in [2.05, 4.69) is 4.90 Å². The number of fused-ring (bicyclic) bond motifs is 1. The Morgan fingerprint density at radius 2 is 2.07 bits per heavy atom. The fourth-order valence-corrected chi connectivity index (χ4v) is 2.28. The van der Waals surface area contributed by atoms with Crippen LogP contribution in [0.15, 0.2) is 23.8 Å². The summed E-state index contributed by atoms with van der Waals surface area (Å²) in [6.45, 7) is 1.75. The Morgan fingerprint density at radius 1 is 1.33 bits per heavy atom. The van der Waals surface area contributed by atoms with Crippen LogP contribution in [0.25, 0.3) is 0 Å². The zero-order valence-corrected chi connectivity index (χ0v) is 8.59. The molecule has 0 spiro atoms. The molecule has 84 valence electrons. The van der Waals surface area contributed by atoms with Gasteiger partial charge in [-0.3, -0.25) is 0 Å². The quantitative estimate of drug-likeness (QED) is 0.603. The largest absolute Gasteiger partial charge is 0.416 e. The van der Waals surface area contributed by atoms with Gasteiger partial charge in [-0.1, -0.05) is 18.2 Å². The van der Waals surface area contributed by atoms with E-state index in [-0.39, 0.29) is 11.8 Å². The summed E-state index contributed by atoms with van der Waals surface area (Å²) in [5.74, 6) is 0.331. The third-order valence-electron chi connectivity index (χ3n) is 3.16. The van der Waals surface area contributed by atoms with Crippen molar-refractivity contribution in [1.82, 2.24) is 4.90 Å². The van der Waals surface area contributed by atoms with E-state index in [1.165, 1.54) is 12.2 Å². The van der Waals surface area contributed by atoms with Gasteiger partial charge in [0.25, 0.3) is 0 Å². The molecule has 2 atom stereocenters. The number of halogens is 3. The van der Waals surface area contributed by atoms with E-state index in [4.69, 9.17) is 0 Å². The summed E-state index contributed by atoms with van der Waals surface area (Å²) in [6, 6.07) is 0. The Hall–Kier alpha value is -0.770. The summed E-state index contributed by atoms with van der Waals surface area (Å²) >= 11 is 0. The van der Waals surface area contributed by atoms with Gasteiger partial charge in [0.1, 0.15) is 0 Å². The Balaban J connectivity index is 2.14. The molecule has 1 nitrogen and oxygen atoms in total. The molecule has 0 aromatic heterocycles. The van der Waals surface area contributed by atoms with Crippen molar-refractivity contribution in [3.63, 3.8) is 0 Å². The summed E-state index contributed by atoms with van der Waals surface area (Å²) in [6.07, 6.45) is 0.969. The molecular weight excluding hydrogens is 203 g/mol. The highest BCUT2D eigenvalue weighted by atomic mass is 19.4. The fourth-order valence-electron chi connectivity index (χ4n) is 2.28. The second-order valence-electron chi connectivity index (χ2n) is 4.36. The summed E-state index contributed by atoms with van der Waals surface area (Å²) < 4.78 is 37.3. The van der Waals surface area contributed by atoms with Gasteiger partial charge in [-0.2, -0.15) is 13.2 Å². The average Bonchev–Trinajstić information content (AvgIpc) is 2.15. The number of alkyl halides is 3. The van der Waals surface area contributed by atoms with Crippen molar-refractivity contribution in [2.24, 2.45) is 11.8 Å². The molecule has 0 aromatic rings. The van der Waals surface area contributed by atoms with Crippen molar-refractivity contribution in [2.45, 2.75) is 12.6 Å². The van der Waals surface area contributed by atoms with Gasteiger partial charge in [0, 0.05) is 6.54 Å². The van der Waals surface area contributed by atoms with Crippen LogP contribution < -0.4 is 0 Å². The number of allylic oxidation sites excluding steroid dienone is 3. The normalized spacial score (nSPS) is 32.4. The number of nitrogens with zero attached hydrogens (tertiary/aromatic N) is 1. The van der Waals surface area contributed by atoms with Gasteiger partial charge in [0.15, 0.2) is 0 Å². The fraction of sp³-hybridized carbons (Fsp3) is 0.636. The molecule has 1 aliphatic carbocycles. The Bertz CT molecular complexity index is 303. The molecule has 0 N–H and O–H groups in total. The lowest BCUT2D eigenvalue weighted by Crippen LogP contribution is -2.38. The number of likely N-dealkylation sites (tertiary alicyclic amines) is 1. The minimum absolute atomic E-state index is 0.0721. The van der Waals surface area contributed by atoms with Crippen LogP contribution in [0.4, 0.5) is 13.2 Å². The smallest absolute Gasteiger partial charge is 0.306 e. The van der Waals surface area contributed by atoms with Crippen molar-refractivity contribution in [2.75, 3.05) is 20.1 Å². The topological polar surface area (TPSA) is 3.24 Å². The summed E-state index contributed by atoms with van der Waals surface area (Å²) in [5.41, 5.74) is -0.478. The van der Waals surface area contributed by atoms with Gasteiger partial charge in [-0.25, -0.2) is 0 Å². The number of rotatable bonds is 0. The molecule has 1 saturated heterocycles. The molecule has 2 unspecified atom stereocenters. The van der Waals surface area contributed by atoms with Gasteiger partial charge in [0.2, 0.25) is 0 Å². The van der Waals surface area contributed by atoms with Crippen LogP contribution in [0, 0.1) is 11.8 Å². The first-order valence-electron chi connectivity index (χ1n) is 5.12. The molecule has 15 heavy (non-hydrogen) atoms. The highest BCUT2D eigenvalue weighted by molar-refractivity contribution is 5.30. The zero-order valence-electron chi connectivity index (χ0n) is 8.59. The van der Waals surface area contributed by atoms with Gasteiger partial charge in [-0.15, -0.1) is 0 Å². The van der Waals surface area contributed by atoms with Gasteiger partial charge < -0.3 is 4.90 Å². The van der Waals surface area contributed by atoms with Crippen LogP contribution >= 0.6 is 0 Å². The van der Waals surface area contributed by atoms with E-state index >= 15 is 0 Å². The maximum atomic E-state index is 12.4. The number of hydrogen-bond donors (Lipinski definition) is 0. The SMILES string of the molecule is CN1CCC2C=C(C(F)(F)F)C=CC2C1. The zero-order chi connectivity index (χ0) is 11.1. The van der Waals surface area contributed by atoms with E-state index in [1.807, 2.05) is 7.05 Å². The van der Waals surface area contributed by atoms with Gasteiger partial charge >= 0.3 is 6.18 Å². The lowest BCUT2D eigenvalue weighted by molar-refractivity contribution is -0.0893. The Morgan fingerprint density at radius 3 is 2.73 bits per heavy atom. The maximum absolute atomic E-state index is 12.4. The molecule has 0 aromatic carbocycles. The molecular formula is C11H14F3N. The first kappa shape index (κ1) is 10.7. The molecule has 1 aliphatic heterocycles. The minimum Gasteiger partial charge on any atom is -0.306 e. The van der Waals surface area contributed by atoms with Crippen molar-refractivity contribution >= 4 is 0 Å². The molecule has 1 fully saturated rings. The predicted molar refractivity (Wildman–Crippen MR) is 52.4 cm³/mol. The van der Waals surface area contributed by atoms with Crippen LogP contribution in [-0.4, -0.2) is 31.2 Å². The first-order valence-corrected chi connectivity index (χ1v) is 5.12. The third kappa shape index (κ3) is 2.25. The van der Waals surface area contributed by atoms with E-state index < -0.39 is 11.7 Å². The molecule has 0 bridgehead atoms. The molecule has 2 rings (SSSR count). The molecule has 1 heterocycles. The van der Waals surface area contributed by atoms with Gasteiger partial charge in [0.05, 0.1) is 5.57 Å². The average molecular weight is 217 g/mol. The maximum Gasteiger partial charge on any atom is 0.416 e. The van der Waals surface area contributed by atoms with Crippen molar-refractivity contribution in [1.29, 1.82) is 0 Å². The predicted octanol–water partition coefficient (Wildman–Crippen LogP) is 2.61. The Kier molecular flexibility index (Phi) is 2.63. The molecule has 0 amide bonds. The molecule has 0 saturated carbocycles. The summed E-state index contributed by atoms with van der Waals surface area (Å²) in [7, 11) is 2.01. The third-order valence-corrected chi connectivity index (χ3v) is 3.16. The summed E-state index contributed by atoms with van der Waals surface area (Å²) in [4.78, 5) is 2.16. The summed E-state index contributed by atoms with van der Waals surface area (Å²) in [5, 5.41) is 0. The molecule has 0 radical (unpaired) electrons. The minimum atomic E-state index is -4.19. The van der Waals surface area contributed by atoms with E-state index in [0.29, 0.717) is 0 Å². The monoisotopic (exact) mass is 217 g/mol. The van der Waals surface area contributed by atoms with E-state index in [9.17, 15) is 13.2 Å². The highest BCUT2D eigenvalue weighted by Gasteiger charge is 2.36. The second kappa shape index (κ2) is 3.67. The second-order valence-corrected chi connectivity index (χ2v) is 4.36. The Labute approximate surface area is 87.3 Å². The van der Waals surface area contributed by atoms with Crippen molar-refractivity contribution in [3.8, 4) is 0 Å². The van der Waals surface area contributed by atoms with Crippen LogP contribution in [0.1, 0.15) is 6.42 Å². The molecule has 2 aliphatic rings. The van der Waals surface area contributed by atoms with Crippen LogP contribution in [0.2, 0.25) is 0 Å². The highest BCUT2D eigenvalue weighted by Crippen LogP contribution is 2.36. The lowest BCUT2D eigenvalue weighted by atomic mass is 9.81.